The highest BCUT2D eigenvalue weighted by molar-refractivity contribution is 5.29. The lowest BCUT2D eigenvalue weighted by molar-refractivity contribution is 0.472. The number of nitrogens with zero attached hydrogens (tertiary/aromatic N) is 3. The van der Waals surface area contributed by atoms with Crippen LogP contribution in [0.2, 0.25) is 0 Å². The van der Waals surface area contributed by atoms with Crippen molar-refractivity contribution in [1.82, 2.24) is 14.3 Å². The minimum absolute atomic E-state index is 0.480. The Morgan fingerprint density at radius 1 is 1.28 bits per heavy atom. The fraction of sp³-hybridized carbons (Fsp3) is 0.533. The van der Waals surface area contributed by atoms with E-state index in [2.05, 4.69) is 67.4 Å². The third-order valence-corrected chi connectivity index (χ3v) is 3.95. The molecular formula is C15H23N3. The molecule has 0 aliphatic carbocycles. The number of hydrogen-bond donors (Lipinski definition) is 0. The smallest absolute Gasteiger partial charge is 0.0821 e. The molecule has 18 heavy (non-hydrogen) atoms. The highest BCUT2D eigenvalue weighted by Crippen LogP contribution is 2.16. The molecule has 0 aliphatic rings. The summed E-state index contributed by atoms with van der Waals surface area (Å²) in [5.74, 6) is 0. The van der Waals surface area contributed by atoms with Crippen molar-refractivity contribution in [3.05, 3.63) is 41.0 Å². The van der Waals surface area contributed by atoms with E-state index in [1.54, 1.807) is 0 Å². The van der Waals surface area contributed by atoms with Crippen molar-refractivity contribution in [2.75, 3.05) is 0 Å². The lowest BCUT2D eigenvalue weighted by Gasteiger charge is -2.08. The summed E-state index contributed by atoms with van der Waals surface area (Å²) in [4.78, 5) is 0. The highest BCUT2D eigenvalue weighted by atomic mass is 15.3. The first-order chi connectivity index (χ1) is 8.52. The van der Waals surface area contributed by atoms with Crippen LogP contribution in [0.4, 0.5) is 0 Å². The molecule has 0 bridgehead atoms. The summed E-state index contributed by atoms with van der Waals surface area (Å²) < 4.78 is 4.35. The maximum Gasteiger partial charge on any atom is 0.0821 e. The van der Waals surface area contributed by atoms with Crippen LogP contribution in [0, 0.1) is 20.8 Å². The second-order valence-electron chi connectivity index (χ2n) is 5.19. The number of hydrogen-bond acceptors (Lipinski definition) is 1. The molecule has 3 heteroatoms. The Morgan fingerprint density at radius 2 is 2.00 bits per heavy atom. The van der Waals surface area contributed by atoms with Gasteiger partial charge < -0.3 is 4.57 Å². The van der Waals surface area contributed by atoms with E-state index in [0.29, 0.717) is 6.04 Å². The second-order valence-corrected chi connectivity index (χ2v) is 5.19. The van der Waals surface area contributed by atoms with Gasteiger partial charge >= 0.3 is 0 Å². The summed E-state index contributed by atoms with van der Waals surface area (Å²) in [6, 6.07) is 2.60. The third-order valence-electron chi connectivity index (χ3n) is 3.95. The Labute approximate surface area is 109 Å². The minimum atomic E-state index is 0.480. The zero-order valence-corrected chi connectivity index (χ0v) is 12.1. The molecule has 1 unspecified atom stereocenters. The average molecular weight is 245 g/mol. The van der Waals surface area contributed by atoms with Crippen LogP contribution in [0.3, 0.4) is 0 Å². The minimum Gasteiger partial charge on any atom is -0.345 e. The largest absolute Gasteiger partial charge is 0.345 e. The second kappa shape index (κ2) is 5.01. The fourth-order valence-electron chi connectivity index (χ4n) is 2.16. The first-order valence-corrected chi connectivity index (χ1v) is 6.69. The zero-order valence-electron chi connectivity index (χ0n) is 12.1. The molecule has 0 amide bonds. The standard InChI is InChI=1S/C15H23N3/c1-6-12(3)18-8-7-15(16-18)10-17-9-11(2)13(4)14(17)5/h7-9,12H,6,10H2,1-5H3. The molecule has 2 aromatic rings. The highest BCUT2D eigenvalue weighted by Gasteiger charge is 2.08. The molecule has 0 aromatic carbocycles. The van der Waals surface area contributed by atoms with Crippen LogP contribution in [0.5, 0.6) is 0 Å². The summed E-state index contributed by atoms with van der Waals surface area (Å²) in [5, 5.41) is 4.65. The molecule has 2 aromatic heterocycles. The molecule has 0 saturated carbocycles. The van der Waals surface area contributed by atoms with Crippen molar-refractivity contribution < 1.29 is 0 Å². The number of aromatic nitrogens is 3. The van der Waals surface area contributed by atoms with Crippen molar-refractivity contribution in [3.63, 3.8) is 0 Å². The van der Waals surface area contributed by atoms with Gasteiger partial charge in [0.15, 0.2) is 0 Å². The average Bonchev–Trinajstić information content (AvgIpc) is 2.91. The van der Waals surface area contributed by atoms with Crippen molar-refractivity contribution in [1.29, 1.82) is 0 Å². The predicted octanol–water partition coefficient (Wildman–Crippen LogP) is 3.63. The van der Waals surface area contributed by atoms with E-state index in [-0.39, 0.29) is 0 Å². The Hall–Kier alpha value is -1.51. The van der Waals surface area contributed by atoms with E-state index >= 15 is 0 Å². The van der Waals surface area contributed by atoms with Gasteiger partial charge in [0.25, 0.3) is 0 Å². The van der Waals surface area contributed by atoms with Crippen LogP contribution in [-0.4, -0.2) is 14.3 Å². The monoisotopic (exact) mass is 245 g/mol. The predicted molar refractivity (Wildman–Crippen MR) is 75.0 cm³/mol. The summed E-state index contributed by atoms with van der Waals surface area (Å²) in [6.07, 6.45) is 5.41. The molecule has 0 N–H and O–H groups in total. The molecule has 0 saturated heterocycles. The molecule has 0 spiro atoms. The van der Waals surface area contributed by atoms with Gasteiger partial charge in [-0.15, -0.1) is 0 Å². The molecule has 98 valence electrons. The van der Waals surface area contributed by atoms with Gasteiger partial charge in [0, 0.05) is 24.1 Å². The molecule has 0 aliphatic heterocycles. The summed E-state index contributed by atoms with van der Waals surface area (Å²) >= 11 is 0. The van der Waals surface area contributed by atoms with Gasteiger partial charge in [0.05, 0.1) is 12.2 Å². The van der Waals surface area contributed by atoms with Gasteiger partial charge in [-0.25, -0.2) is 0 Å². The van der Waals surface area contributed by atoms with Gasteiger partial charge in [0.2, 0.25) is 0 Å². The Morgan fingerprint density at radius 3 is 2.56 bits per heavy atom. The molecule has 2 rings (SSSR count). The van der Waals surface area contributed by atoms with Crippen molar-refractivity contribution in [2.24, 2.45) is 0 Å². The Kier molecular flexibility index (Phi) is 3.60. The summed E-state index contributed by atoms with van der Waals surface area (Å²) in [6.45, 7) is 11.8. The molecule has 1 atom stereocenters. The lowest BCUT2D eigenvalue weighted by atomic mass is 10.2. The van der Waals surface area contributed by atoms with E-state index in [0.717, 1.165) is 18.7 Å². The molecule has 0 fully saturated rings. The molecule has 0 radical (unpaired) electrons. The van der Waals surface area contributed by atoms with Gasteiger partial charge in [-0.1, -0.05) is 6.92 Å². The van der Waals surface area contributed by atoms with E-state index in [1.807, 2.05) is 0 Å². The summed E-state index contributed by atoms with van der Waals surface area (Å²) in [7, 11) is 0. The topological polar surface area (TPSA) is 22.8 Å². The third kappa shape index (κ3) is 2.35. The molecular weight excluding hydrogens is 222 g/mol. The van der Waals surface area contributed by atoms with Crippen LogP contribution >= 0.6 is 0 Å². The maximum atomic E-state index is 4.65. The quantitative estimate of drug-likeness (QED) is 0.806. The van der Waals surface area contributed by atoms with Crippen molar-refractivity contribution in [2.45, 2.75) is 53.6 Å². The lowest BCUT2D eigenvalue weighted by Crippen LogP contribution is -2.06. The van der Waals surface area contributed by atoms with Gasteiger partial charge in [-0.2, -0.15) is 5.10 Å². The maximum absolute atomic E-state index is 4.65. The fourth-order valence-corrected chi connectivity index (χ4v) is 2.16. The van der Waals surface area contributed by atoms with Gasteiger partial charge in [-0.05, 0) is 51.3 Å². The van der Waals surface area contributed by atoms with Gasteiger partial charge in [0.1, 0.15) is 0 Å². The van der Waals surface area contributed by atoms with E-state index in [1.165, 1.54) is 16.8 Å². The van der Waals surface area contributed by atoms with E-state index in [4.69, 9.17) is 0 Å². The first-order valence-electron chi connectivity index (χ1n) is 6.69. The first kappa shape index (κ1) is 12.9. The van der Waals surface area contributed by atoms with Crippen LogP contribution in [0.1, 0.15) is 48.8 Å². The Bertz CT molecular complexity index is 534. The van der Waals surface area contributed by atoms with Crippen molar-refractivity contribution >= 4 is 0 Å². The number of aryl methyl sites for hydroxylation is 1. The van der Waals surface area contributed by atoms with Crippen molar-refractivity contribution in [3.8, 4) is 0 Å². The molecule has 3 nitrogen and oxygen atoms in total. The normalized spacial score (nSPS) is 12.9. The van der Waals surface area contributed by atoms with E-state index < -0.39 is 0 Å². The van der Waals surface area contributed by atoms with Gasteiger partial charge in [-0.3, -0.25) is 4.68 Å². The van der Waals surface area contributed by atoms with Crippen LogP contribution in [0.15, 0.2) is 18.5 Å². The Balaban J connectivity index is 2.19. The van der Waals surface area contributed by atoms with E-state index in [9.17, 15) is 0 Å². The summed E-state index contributed by atoms with van der Waals surface area (Å²) in [5.41, 5.74) is 5.21. The SMILES string of the molecule is CCC(C)n1ccc(Cn2cc(C)c(C)c2C)n1. The van der Waals surface area contributed by atoms with Crippen LogP contribution in [0.25, 0.3) is 0 Å². The van der Waals surface area contributed by atoms with Crippen LogP contribution in [-0.2, 0) is 6.54 Å². The zero-order chi connectivity index (χ0) is 13.3. The number of rotatable bonds is 4. The van der Waals surface area contributed by atoms with Crippen LogP contribution < -0.4 is 0 Å². The molecule has 2 heterocycles.